The normalized spacial score (nSPS) is 22.3. The third-order valence-corrected chi connectivity index (χ3v) is 5.11. The van der Waals surface area contributed by atoms with Crippen molar-refractivity contribution in [3.8, 4) is 0 Å². The van der Waals surface area contributed by atoms with Gasteiger partial charge in [0, 0.05) is 12.2 Å². The molecule has 0 saturated carbocycles. The highest BCUT2D eigenvalue weighted by Crippen LogP contribution is 2.45. The van der Waals surface area contributed by atoms with Crippen molar-refractivity contribution in [2.24, 2.45) is 0 Å². The van der Waals surface area contributed by atoms with E-state index in [0.29, 0.717) is 6.54 Å². The predicted octanol–water partition coefficient (Wildman–Crippen LogP) is 3.19. The van der Waals surface area contributed by atoms with Crippen molar-refractivity contribution in [1.82, 2.24) is 5.32 Å². The SMILES string of the molecule is Cc1ccccc1CN1C(=O)C2(CCNC2)c2ccccc21.Cl. The Bertz CT molecular complexity index is 738. The molecular weight excluding hydrogens is 308 g/mol. The average Bonchev–Trinajstić information content (AvgIpc) is 3.11. The van der Waals surface area contributed by atoms with E-state index in [0.717, 1.165) is 25.2 Å². The van der Waals surface area contributed by atoms with Crippen LogP contribution in [0.5, 0.6) is 0 Å². The number of carbonyl (C=O) groups excluding carboxylic acids is 1. The monoisotopic (exact) mass is 328 g/mol. The molecule has 2 heterocycles. The second kappa shape index (κ2) is 5.99. The first-order valence-electron chi connectivity index (χ1n) is 7.89. The van der Waals surface area contributed by atoms with Crippen LogP contribution in [0.1, 0.15) is 23.1 Å². The third-order valence-electron chi connectivity index (χ3n) is 5.11. The van der Waals surface area contributed by atoms with Crippen LogP contribution in [0.2, 0.25) is 0 Å². The lowest BCUT2D eigenvalue weighted by molar-refractivity contribution is -0.122. The Hall–Kier alpha value is -1.84. The molecule has 120 valence electrons. The summed E-state index contributed by atoms with van der Waals surface area (Å²) in [4.78, 5) is 15.2. The summed E-state index contributed by atoms with van der Waals surface area (Å²) in [5.41, 5.74) is 4.38. The van der Waals surface area contributed by atoms with Crippen LogP contribution < -0.4 is 10.2 Å². The van der Waals surface area contributed by atoms with Crippen LogP contribution in [0, 0.1) is 6.92 Å². The van der Waals surface area contributed by atoms with E-state index < -0.39 is 0 Å². The molecule has 4 rings (SSSR count). The van der Waals surface area contributed by atoms with Gasteiger partial charge < -0.3 is 10.2 Å². The number of nitrogens with one attached hydrogen (secondary N) is 1. The van der Waals surface area contributed by atoms with Crippen molar-refractivity contribution in [2.75, 3.05) is 18.0 Å². The molecule has 0 aromatic heterocycles. The van der Waals surface area contributed by atoms with Crippen molar-refractivity contribution >= 4 is 24.0 Å². The number of anilines is 1. The summed E-state index contributed by atoms with van der Waals surface area (Å²) in [6.45, 7) is 4.43. The Balaban J connectivity index is 0.00000156. The molecule has 2 aromatic carbocycles. The number of hydrogen-bond acceptors (Lipinski definition) is 2. The van der Waals surface area contributed by atoms with Crippen LogP contribution >= 0.6 is 12.4 Å². The second-order valence-corrected chi connectivity index (χ2v) is 6.34. The van der Waals surface area contributed by atoms with E-state index in [1.165, 1.54) is 16.7 Å². The second-order valence-electron chi connectivity index (χ2n) is 6.34. The lowest BCUT2D eigenvalue weighted by Crippen LogP contribution is -2.41. The predicted molar refractivity (Wildman–Crippen MR) is 95.2 cm³/mol. The molecule has 2 aliphatic heterocycles. The van der Waals surface area contributed by atoms with Crippen molar-refractivity contribution in [3.63, 3.8) is 0 Å². The topological polar surface area (TPSA) is 32.3 Å². The van der Waals surface area contributed by atoms with Gasteiger partial charge in [-0.1, -0.05) is 42.5 Å². The summed E-state index contributed by atoms with van der Waals surface area (Å²) in [6.07, 6.45) is 0.896. The quantitative estimate of drug-likeness (QED) is 0.918. The minimum absolute atomic E-state index is 0. The molecule has 4 heteroatoms. The number of hydrogen-bond donors (Lipinski definition) is 1. The highest BCUT2D eigenvalue weighted by Gasteiger charge is 2.52. The molecule has 1 spiro atoms. The van der Waals surface area contributed by atoms with Crippen LogP contribution in [-0.4, -0.2) is 19.0 Å². The molecule has 1 unspecified atom stereocenters. The molecule has 1 fully saturated rings. The Morgan fingerprint density at radius 2 is 1.87 bits per heavy atom. The van der Waals surface area contributed by atoms with E-state index in [2.05, 4.69) is 36.5 Å². The van der Waals surface area contributed by atoms with Gasteiger partial charge in [0.2, 0.25) is 5.91 Å². The summed E-state index contributed by atoms with van der Waals surface area (Å²) in [5, 5.41) is 3.37. The Labute approximate surface area is 143 Å². The summed E-state index contributed by atoms with van der Waals surface area (Å²) in [6, 6.07) is 16.6. The molecule has 1 amide bonds. The first-order chi connectivity index (χ1) is 10.7. The van der Waals surface area contributed by atoms with Gasteiger partial charge in [0.1, 0.15) is 0 Å². The summed E-state index contributed by atoms with van der Waals surface area (Å²) < 4.78 is 0. The minimum atomic E-state index is -0.348. The number of nitrogens with zero attached hydrogens (tertiary/aromatic N) is 1. The van der Waals surface area contributed by atoms with Crippen LogP contribution in [0.15, 0.2) is 48.5 Å². The van der Waals surface area contributed by atoms with Gasteiger partial charge in [0.15, 0.2) is 0 Å². The fraction of sp³-hybridized carbons (Fsp3) is 0.316. The fourth-order valence-electron chi connectivity index (χ4n) is 3.82. The van der Waals surface area contributed by atoms with Crippen LogP contribution in [-0.2, 0) is 16.8 Å². The molecule has 23 heavy (non-hydrogen) atoms. The Kier molecular flexibility index (Phi) is 4.17. The zero-order valence-electron chi connectivity index (χ0n) is 13.2. The molecular formula is C19H21ClN2O. The number of amides is 1. The lowest BCUT2D eigenvalue weighted by Gasteiger charge is -2.23. The van der Waals surface area contributed by atoms with E-state index in [1.807, 2.05) is 29.2 Å². The van der Waals surface area contributed by atoms with Gasteiger partial charge in [-0.15, -0.1) is 12.4 Å². The first-order valence-corrected chi connectivity index (χ1v) is 7.89. The van der Waals surface area contributed by atoms with Crippen molar-refractivity contribution in [2.45, 2.75) is 25.3 Å². The van der Waals surface area contributed by atoms with Crippen LogP contribution in [0.3, 0.4) is 0 Å². The highest BCUT2D eigenvalue weighted by atomic mass is 35.5. The van der Waals surface area contributed by atoms with Gasteiger partial charge in [-0.2, -0.15) is 0 Å². The van der Waals surface area contributed by atoms with E-state index in [9.17, 15) is 4.79 Å². The van der Waals surface area contributed by atoms with Gasteiger partial charge in [-0.25, -0.2) is 0 Å². The number of carbonyl (C=O) groups is 1. The summed E-state index contributed by atoms with van der Waals surface area (Å²) >= 11 is 0. The van der Waals surface area contributed by atoms with E-state index in [4.69, 9.17) is 0 Å². The van der Waals surface area contributed by atoms with Crippen molar-refractivity contribution in [1.29, 1.82) is 0 Å². The first kappa shape index (κ1) is 16.0. The van der Waals surface area contributed by atoms with Crippen LogP contribution in [0.25, 0.3) is 0 Å². The van der Waals surface area contributed by atoms with Gasteiger partial charge in [0.25, 0.3) is 0 Å². The standard InChI is InChI=1S/C19H20N2O.ClH/c1-14-6-2-3-7-15(14)12-21-17-9-5-4-8-16(17)19(18(21)22)10-11-20-13-19;/h2-9,20H,10-13H2,1H3;1H. The van der Waals surface area contributed by atoms with Gasteiger partial charge in [-0.3, -0.25) is 4.79 Å². The van der Waals surface area contributed by atoms with Gasteiger partial charge in [0.05, 0.1) is 12.0 Å². The molecule has 1 saturated heterocycles. The maximum absolute atomic E-state index is 13.2. The number of rotatable bonds is 2. The zero-order valence-corrected chi connectivity index (χ0v) is 14.0. The number of halogens is 1. The number of benzene rings is 2. The fourth-order valence-corrected chi connectivity index (χ4v) is 3.82. The number of fused-ring (bicyclic) bond motifs is 2. The maximum Gasteiger partial charge on any atom is 0.239 e. The van der Waals surface area contributed by atoms with Crippen LogP contribution in [0.4, 0.5) is 5.69 Å². The van der Waals surface area contributed by atoms with Crippen molar-refractivity contribution < 1.29 is 4.79 Å². The van der Waals surface area contributed by atoms with Gasteiger partial charge in [-0.05, 0) is 42.6 Å². The Morgan fingerprint density at radius 1 is 1.13 bits per heavy atom. The van der Waals surface area contributed by atoms with Gasteiger partial charge >= 0.3 is 0 Å². The van der Waals surface area contributed by atoms with E-state index >= 15 is 0 Å². The minimum Gasteiger partial charge on any atom is -0.315 e. The average molecular weight is 329 g/mol. The maximum atomic E-state index is 13.2. The smallest absolute Gasteiger partial charge is 0.239 e. The van der Waals surface area contributed by atoms with E-state index in [1.54, 1.807) is 0 Å². The van der Waals surface area contributed by atoms with E-state index in [-0.39, 0.29) is 23.7 Å². The molecule has 1 atom stereocenters. The number of aryl methyl sites for hydroxylation is 1. The molecule has 3 nitrogen and oxygen atoms in total. The molecule has 0 radical (unpaired) electrons. The zero-order chi connectivity index (χ0) is 15.2. The third kappa shape index (κ3) is 2.35. The largest absolute Gasteiger partial charge is 0.315 e. The lowest BCUT2D eigenvalue weighted by atomic mass is 9.81. The molecule has 2 aromatic rings. The molecule has 2 aliphatic rings. The number of para-hydroxylation sites is 1. The highest BCUT2D eigenvalue weighted by molar-refractivity contribution is 6.08. The Morgan fingerprint density at radius 3 is 2.61 bits per heavy atom. The summed E-state index contributed by atoms with van der Waals surface area (Å²) in [7, 11) is 0. The molecule has 0 aliphatic carbocycles. The molecule has 0 bridgehead atoms. The summed E-state index contributed by atoms with van der Waals surface area (Å²) in [5.74, 6) is 0.252. The molecule has 1 N–H and O–H groups in total. The van der Waals surface area contributed by atoms with Crippen molar-refractivity contribution in [3.05, 3.63) is 65.2 Å².